The number of rotatable bonds is 2. The van der Waals surface area contributed by atoms with E-state index in [1.165, 1.54) is 0 Å². The summed E-state index contributed by atoms with van der Waals surface area (Å²) >= 11 is 0. The van der Waals surface area contributed by atoms with E-state index < -0.39 is 0 Å². The maximum atomic E-state index is 8.99. The summed E-state index contributed by atoms with van der Waals surface area (Å²) in [7, 11) is 0. The molecular formula is C9H16O3. The number of aliphatic hydroxyl groups excluding tert-OH is 1. The van der Waals surface area contributed by atoms with Crippen LogP contribution in [0.2, 0.25) is 0 Å². The van der Waals surface area contributed by atoms with E-state index in [2.05, 4.69) is 6.58 Å². The van der Waals surface area contributed by atoms with E-state index in [0.717, 1.165) is 5.57 Å². The van der Waals surface area contributed by atoms with Gasteiger partial charge in [-0.25, -0.2) is 0 Å². The molecule has 1 heterocycles. The van der Waals surface area contributed by atoms with Crippen molar-refractivity contribution in [2.45, 2.75) is 20.1 Å². The molecule has 0 aromatic heterocycles. The molecule has 0 aliphatic carbocycles. The first-order valence-corrected chi connectivity index (χ1v) is 4.07. The zero-order chi connectivity index (χ0) is 9.19. The molecule has 0 bridgehead atoms. The minimum atomic E-state index is -0.287. The summed E-state index contributed by atoms with van der Waals surface area (Å²) in [6.07, 6.45) is -0.287. The Balaban J connectivity index is 2.44. The predicted octanol–water partition coefficient (Wildman–Crippen LogP) is 0.934. The number of aliphatic hydroxyl groups is 1. The van der Waals surface area contributed by atoms with Crippen LogP contribution < -0.4 is 0 Å². The first-order valence-electron chi connectivity index (χ1n) is 4.07. The summed E-state index contributed by atoms with van der Waals surface area (Å²) in [6.45, 7) is 8.69. The smallest absolute Gasteiger partial charge is 0.179 e. The third-order valence-electron chi connectivity index (χ3n) is 1.95. The van der Waals surface area contributed by atoms with Crippen LogP contribution in [0, 0.1) is 5.41 Å². The summed E-state index contributed by atoms with van der Waals surface area (Å²) in [5.41, 5.74) is 0.626. The standard InChI is InChI=1S/C9H16O3/c1-7(2)8-11-5-9(3,4-10)6-12-8/h8,10H,1,4-6H2,2-3H3. The van der Waals surface area contributed by atoms with Crippen LogP contribution in [0.25, 0.3) is 0 Å². The topological polar surface area (TPSA) is 38.7 Å². The molecule has 1 fully saturated rings. The molecule has 3 nitrogen and oxygen atoms in total. The normalized spacial score (nSPS) is 36.4. The fraction of sp³-hybridized carbons (Fsp3) is 0.778. The van der Waals surface area contributed by atoms with Gasteiger partial charge < -0.3 is 14.6 Å². The monoisotopic (exact) mass is 172 g/mol. The van der Waals surface area contributed by atoms with E-state index >= 15 is 0 Å². The highest BCUT2D eigenvalue weighted by Gasteiger charge is 2.32. The lowest BCUT2D eigenvalue weighted by atomic mass is 9.93. The molecule has 3 heteroatoms. The molecular weight excluding hydrogens is 156 g/mol. The van der Waals surface area contributed by atoms with Gasteiger partial charge in [0.25, 0.3) is 0 Å². The molecule has 1 aliphatic rings. The molecule has 0 atom stereocenters. The van der Waals surface area contributed by atoms with E-state index in [0.29, 0.717) is 13.2 Å². The molecule has 0 amide bonds. The second-order valence-corrected chi connectivity index (χ2v) is 3.77. The fourth-order valence-corrected chi connectivity index (χ4v) is 1.02. The lowest BCUT2D eigenvalue weighted by Gasteiger charge is -2.36. The van der Waals surface area contributed by atoms with Crippen molar-refractivity contribution < 1.29 is 14.6 Å². The Hall–Kier alpha value is -0.380. The first kappa shape index (κ1) is 9.71. The molecule has 70 valence electrons. The third-order valence-corrected chi connectivity index (χ3v) is 1.95. The molecule has 1 saturated heterocycles. The molecule has 0 aromatic rings. The number of hydrogen-bond donors (Lipinski definition) is 1. The Bertz CT molecular complexity index is 169. The predicted molar refractivity (Wildman–Crippen MR) is 45.7 cm³/mol. The van der Waals surface area contributed by atoms with E-state index in [-0.39, 0.29) is 18.3 Å². The minimum Gasteiger partial charge on any atom is -0.396 e. The Labute approximate surface area is 73.0 Å². The average Bonchev–Trinajstić information content (AvgIpc) is 2.05. The van der Waals surface area contributed by atoms with Crippen molar-refractivity contribution in [3.8, 4) is 0 Å². The highest BCUT2D eigenvalue weighted by molar-refractivity contribution is 4.95. The van der Waals surface area contributed by atoms with Gasteiger partial charge in [-0.3, -0.25) is 0 Å². The molecule has 0 aromatic carbocycles. The fourth-order valence-electron chi connectivity index (χ4n) is 1.02. The summed E-state index contributed by atoms with van der Waals surface area (Å²) in [5.74, 6) is 0. The zero-order valence-corrected chi connectivity index (χ0v) is 7.67. The minimum absolute atomic E-state index is 0.0932. The van der Waals surface area contributed by atoms with E-state index in [1.807, 2.05) is 13.8 Å². The van der Waals surface area contributed by atoms with Crippen molar-refractivity contribution in [1.29, 1.82) is 0 Å². The molecule has 0 radical (unpaired) electrons. The van der Waals surface area contributed by atoms with Crippen molar-refractivity contribution in [1.82, 2.24) is 0 Å². The highest BCUT2D eigenvalue weighted by Crippen LogP contribution is 2.25. The Morgan fingerprint density at radius 3 is 2.42 bits per heavy atom. The van der Waals surface area contributed by atoms with Crippen molar-refractivity contribution in [2.24, 2.45) is 5.41 Å². The molecule has 1 N–H and O–H groups in total. The Morgan fingerprint density at radius 1 is 1.58 bits per heavy atom. The van der Waals surface area contributed by atoms with Crippen LogP contribution in [-0.4, -0.2) is 31.2 Å². The second kappa shape index (κ2) is 3.56. The van der Waals surface area contributed by atoms with E-state index in [9.17, 15) is 0 Å². The van der Waals surface area contributed by atoms with Crippen LogP contribution in [-0.2, 0) is 9.47 Å². The van der Waals surface area contributed by atoms with Crippen LogP contribution in [0.1, 0.15) is 13.8 Å². The first-order chi connectivity index (χ1) is 5.57. The van der Waals surface area contributed by atoms with Crippen molar-refractivity contribution >= 4 is 0 Å². The zero-order valence-electron chi connectivity index (χ0n) is 7.67. The van der Waals surface area contributed by atoms with Crippen LogP contribution in [0.5, 0.6) is 0 Å². The van der Waals surface area contributed by atoms with Gasteiger partial charge in [0.2, 0.25) is 0 Å². The average molecular weight is 172 g/mol. The largest absolute Gasteiger partial charge is 0.396 e. The van der Waals surface area contributed by atoms with E-state index in [4.69, 9.17) is 14.6 Å². The van der Waals surface area contributed by atoms with Crippen LogP contribution in [0.4, 0.5) is 0 Å². The van der Waals surface area contributed by atoms with Crippen LogP contribution in [0.3, 0.4) is 0 Å². The van der Waals surface area contributed by atoms with Crippen LogP contribution in [0.15, 0.2) is 12.2 Å². The van der Waals surface area contributed by atoms with Crippen molar-refractivity contribution in [3.63, 3.8) is 0 Å². The van der Waals surface area contributed by atoms with Gasteiger partial charge in [-0.1, -0.05) is 13.5 Å². The van der Waals surface area contributed by atoms with E-state index in [1.54, 1.807) is 0 Å². The lowest BCUT2D eigenvalue weighted by molar-refractivity contribution is -0.214. The molecule has 12 heavy (non-hydrogen) atoms. The number of ether oxygens (including phenoxy) is 2. The third kappa shape index (κ3) is 2.06. The van der Waals surface area contributed by atoms with Gasteiger partial charge in [0, 0.05) is 5.41 Å². The molecule has 0 unspecified atom stereocenters. The summed E-state index contributed by atoms with van der Waals surface area (Å²) in [5, 5.41) is 8.99. The van der Waals surface area contributed by atoms with Crippen molar-refractivity contribution in [2.75, 3.05) is 19.8 Å². The SMILES string of the molecule is C=C(C)C1OCC(C)(CO)CO1. The Morgan fingerprint density at radius 2 is 2.08 bits per heavy atom. The van der Waals surface area contributed by atoms with Gasteiger partial charge in [0.1, 0.15) is 0 Å². The van der Waals surface area contributed by atoms with Gasteiger partial charge in [-0.05, 0) is 12.5 Å². The molecule has 0 spiro atoms. The van der Waals surface area contributed by atoms with Gasteiger partial charge in [0.05, 0.1) is 19.8 Å². The second-order valence-electron chi connectivity index (χ2n) is 3.77. The van der Waals surface area contributed by atoms with Gasteiger partial charge in [-0.2, -0.15) is 0 Å². The van der Waals surface area contributed by atoms with Crippen LogP contribution >= 0.6 is 0 Å². The molecule has 1 aliphatic heterocycles. The summed E-state index contributed by atoms with van der Waals surface area (Å²) in [6, 6.07) is 0. The van der Waals surface area contributed by atoms with Crippen molar-refractivity contribution in [3.05, 3.63) is 12.2 Å². The summed E-state index contributed by atoms with van der Waals surface area (Å²) < 4.78 is 10.7. The number of hydrogen-bond acceptors (Lipinski definition) is 3. The van der Waals surface area contributed by atoms with Gasteiger partial charge in [-0.15, -0.1) is 0 Å². The quantitative estimate of drug-likeness (QED) is 0.630. The Kier molecular flexibility index (Phi) is 2.88. The summed E-state index contributed by atoms with van der Waals surface area (Å²) in [4.78, 5) is 0. The van der Waals surface area contributed by atoms with Gasteiger partial charge in [0.15, 0.2) is 6.29 Å². The molecule has 1 rings (SSSR count). The highest BCUT2D eigenvalue weighted by atomic mass is 16.7. The lowest BCUT2D eigenvalue weighted by Crippen LogP contribution is -2.42. The van der Waals surface area contributed by atoms with Gasteiger partial charge >= 0.3 is 0 Å². The maximum Gasteiger partial charge on any atom is 0.179 e. The maximum absolute atomic E-state index is 8.99. The molecule has 0 saturated carbocycles.